The molecule has 0 aromatic carbocycles. The molecule has 0 saturated heterocycles. The van der Waals surface area contributed by atoms with E-state index in [4.69, 9.17) is 11.6 Å². The molecule has 0 amide bonds. The third-order valence-corrected chi connectivity index (χ3v) is 3.23. The fourth-order valence-corrected chi connectivity index (χ4v) is 2.29. The summed E-state index contributed by atoms with van der Waals surface area (Å²) in [5.74, 6) is 0.549. The van der Waals surface area contributed by atoms with Gasteiger partial charge in [0.25, 0.3) is 0 Å². The smallest absolute Gasteiger partial charge is 0.149 e. The number of aliphatic hydroxyl groups is 1. The molecule has 0 aliphatic carbocycles. The maximum atomic E-state index is 10.3. The molecular weight excluding hydrogens is 258 g/mol. The standard InChI is InChI=1S/C11H12ClN3OS/c1-11(16,8-2-3-17-6-8)7-14-10-5-13-4-9(12)15-10/h2-6,16H,7H2,1H3,(H,14,15). The SMILES string of the molecule is CC(O)(CNc1cncc(Cl)n1)c1ccsc1. The second kappa shape index (κ2) is 5.00. The first-order valence-electron chi connectivity index (χ1n) is 5.04. The number of hydrogen-bond donors (Lipinski definition) is 2. The predicted molar refractivity (Wildman–Crippen MR) is 69.4 cm³/mol. The average Bonchev–Trinajstić information content (AvgIpc) is 2.81. The Morgan fingerprint density at radius 1 is 1.53 bits per heavy atom. The lowest BCUT2D eigenvalue weighted by Crippen LogP contribution is -2.30. The number of halogens is 1. The lowest BCUT2D eigenvalue weighted by molar-refractivity contribution is 0.0719. The molecular formula is C11H12ClN3OS. The van der Waals surface area contributed by atoms with Gasteiger partial charge in [0.15, 0.2) is 0 Å². The van der Waals surface area contributed by atoms with Gasteiger partial charge >= 0.3 is 0 Å². The Morgan fingerprint density at radius 3 is 3.00 bits per heavy atom. The highest BCUT2D eigenvalue weighted by molar-refractivity contribution is 7.08. The Hall–Kier alpha value is -1.17. The molecule has 2 aromatic heterocycles. The number of hydrogen-bond acceptors (Lipinski definition) is 5. The zero-order valence-electron chi connectivity index (χ0n) is 9.22. The molecule has 90 valence electrons. The van der Waals surface area contributed by atoms with Gasteiger partial charge in [-0.3, -0.25) is 4.98 Å². The van der Waals surface area contributed by atoms with Crippen LogP contribution in [0.4, 0.5) is 5.82 Å². The largest absolute Gasteiger partial charge is 0.384 e. The van der Waals surface area contributed by atoms with Crippen LogP contribution in [0.25, 0.3) is 0 Å². The Kier molecular flexibility index (Phi) is 3.61. The number of anilines is 1. The van der Waals surface area contributed by atoms with Gasteiger partial charge in [0.05, 0.1) is 12.4 Å². The van der Waals surface area contributed by atoms with E-state index in [1.807, 2.05) is 16.8 Å². The highest BCUT2D eigenvalue weighted by Gasteiger charge is 2.23. The molecule has 2 aromatic rings. The molecule has 2 N–H and O–H groups in total. The summed E-state index contributed by atoms with van der Waals surface area (Å²) >= 11 is 7.27. The highest BCUT2D eigenvalue weighted by Crippen LogP contribution is 2.23. The maximum Gasteiger partial charge on any atom is 0.149 e. The van der Waals surface area contributed by atoms with Crippen molar-refractivity contribution in [2.24, 2.45) is 0 Å². The number of nitrogens with zero attached hydrogens (tertiary/aromatic N) is 2. The Morgan fingerprint density at radius 2 is 2.35 bits per heavy atom. The zero-order chi connectivity index (χ0) is 12.3. The minimum atomic E-state index is -0.940. The first kappa shape index (κ1) is 12.3. The van der Waals surface area contributed by atoms with Crippen molar-refractivity contribution in [3.8, 4) is 0 Å². The van der Waals surface area contributed by atoms with Gasteiger partial charge < -0.3 is 10.4 Å². The van der Waals surface area contributed by atoms with Crippen LogP contribution in [0.5, 0.6) is 0 Å². The Labute approximate surface area is 108 Å². The molecule has 2 heterocycles. The lowest BCUT2D eigenvalue weighted by atomic mass is 9.99. The number of nitrogens with one attached hydrogen (secondary N) is 1. The van der Waals surface area contributed by atoms with Crippen LogP contribution in [0.1, 0.15) is 12.5 Å². The van der Waals surface area contributed by atoms with Gasteiger partial charge in [-0.25, -0.2) is 4.98 Å². The minimum absolute atomic E-state index is 0.324. The molecule has 0 radical (unpaired) electrons. The van der Waals surface area contributed by atoms with Crippen LogP contribution in [0, 0.1) is 0 Å². The quantitative estimate of drug-likeness (QED) is 0.895. The van der Waals surface area contributed by atoms with Crippen LogP contribution in [0.3, 0.4) is 0 Å². The van der Waals surface area contributed by atoms with E-state index in [1.165, 1.54) is 6.20 Å². The van der Waals surface area contributed by atoms with Gasteiger partial charge in [-0.15, -0.1) is 0 Å². The van der Waals surface area contributed by atoms with E-state index in [1.54, 1.807) is 24.5 Å². The van der Waals surface area contributed by atoms with E-state index < -0.39 is 5.60 Å². The summed E-state index contributed by atoms with van der Waals surface area (Å²) < 4.78 is 0. The second-order valence-electron chi connectivity index (χ2n) is 3.87. The second-order valence-corrected chi connectivity index (χ2v) is 5.03. The van der Waals surface area contributed by atoms with E-state index in [-0.39, 0.29) is 0 Å². The summed E-state index contributed by atoms with van der Waals surface area (Å²) in [7, 11) is 0. The Balaban J connectivity index is 2.03. The molecule has 17 heavy (non-hydrogen) atoms. The maximum absolute atomic E-state index is 10.3. The molecule has 0 fully saturated rings. The first-order chi connectivity index (χ1) is 8.08. The van der Waals surface area contributed by atoms with Crippen LogP contribution in [0.15, 0.2) is 29.2 Å². The van der Waals surface area contributed by atoms with Gasteiger partial charge in [0.2, 0.25) is 0 Å². The summed E-state index contributed by atoms with van der Waals surface area (Å²) in [5.41, 5.74) is -0.0609. The molecule has 1 unspecified atom stereocenters. The van der Waals surface area contributed by atoms with Crippen LogP contribution in [-0.4, -0.2) is 21.6 Å². The fraction of sp³-hybridized carbons (Fsp3) is 0.273. The van der Waals surface area contributed by atoms with Crippen molar-refractivity contribution in [1.82, 2.24) is 9.97 Å². The van der Waals surface area contributed by atoms with E-state index >= 15 is 0 Å². The summed E-state index contributed by atoms with van der Waals surface area (Å²) in [6, 6.07) is 1.90. The molecule has 0 spiro atoms. The number of rotatable bonds is 4. The molecule has 4 nitrogen and oxygen atoms in total. The molecule has 6 heteroatoms. The molecule has 0 saturated carbocycles. The van der Waals surface area contributed by atoms with E-state index in [9.17, 15) is 5.11 Å². The predicted octanol–water partition coefficient (Wildman–Crippen LogP) is 2.51. The lowest BCUT2D eigenvalue weighted by Gasteiger charge is -2.22. The van der Waals surface area contributed by atoms with Gasteiger partial charge in [-0.2, -0.15) is 11.3 Å². The van der Waals surface area contributed by atoms with Gasteiger partial charge in [0, 0.05) is 6.54 Å². The molecule has 0 bridgehead atoms. The monoisotopic (exact) mass is 269 g/mol. The van der Waals surface area contributed by atoms with Crippen molar-refractivity contribution < 1.29 is 5.11 Å². The van der Waals surface area contributed by atoms with Gasteiger partial charge in [-0.05, 0) is 29.3 Å². The summed E-state index contributed by atoms with van der Waals surface area (Å²) in [4.78, 5) is 7.95. The minimum Gasteiger partial charge on any atom is -0.384 e. The third kappa shape index (κ3) is 3.15. The van der Waals surface area contributed by atoms with Crippen LogP contribution >= 0.6 is 22.9 Å². The van der Waals surface area contributed by atoms with Crippen molar-refractivity contribution in [2.45, 2.75) is 12.5 Å². The normalized spacial score (nSPS) is 14.3. The summed E-state index contributed by atoms with van der Waals surface area (Å²) in [6.45, 7) is 2.10. The van der Waals surface area contributed by atoms with Crippen molar-refractivity contribution in [2.75, 3.05) is 11.9 Å². The van der Waals surface area contributed by atoms with Gasteiger partial charge in [0.1, 0.15) is 16.6 Å². The average molecular weight is 270 g/mol. The number of aromatic nitrogens is 2. The summed E-state index contributed by atoms with van der Waals surface area (Å²) in [6.07, 6.45) is 3.03. The third-order valence-electron chi connectivity index (χ3n) is 2.36. The van der Waals surface area contributed by atoms with E-state index in [0.29, 0.717) is 17.5 Å². The molecule has 0 aliphatic heterocycles. The van der Waals surface area contributed by atoms with E-state index in [2.05, 4.69) is 15.3 Å². The molecule has 1 atom stereocenters. The van der Waals surface area contributed by atoms with Crippen LogP contribution in [0.2, 0.25) is 5.15 Å². The zero-order valence-corrected chi connectivity index (χ0v) is 10.8. The van der Waals surface area contributed by atoms with Crippen LogP contribution < -0.4 is 5.32 Å². The van der Waals surface area contributed by atoms with Crippen molar-refractivity contribution >= 4 is 28.8 Å². The Bertz CT molecular complexity index is 487. The van der Waals surface area contributed by atoms with Gasteiger partial charge in [-0.1, -0.05) is 11.6 Å². The first-order valence-corrected chi connectivity index (χ1v) is 6.36. The van der Waals surface area contributed by atoms with Crippen molar-refractivity contribution in [3.05, 3.63) is 39.9 Å². The topological polar surface area (TPSA) is 58.0 Å². The molecule has 0 aliphatic rings. The number of thiophene rings is 1. The summed E-state index contributed by atoms with van der Waals surface area (Å²) in [5, 5.41) is 17.5. The fourth-order valence-electron chi connectivity index (χ4n) is 1.36. The van der Waals surface area contributed by atoms with Crippen LogP contribution in [-0.2, 0) is 5.60 Å². The molecule has 2 rings (SSSR count). The van der Waals surface area contributed by atoms with E-state index in [0.717, 1.165) is 5.56 Å². The highest BCUT2D eigenvalue weighted by atomic mass is 35.5. The van der Waals surface area contributed by atoms with Crippen molar-refractivity contribution in [3.63, 3.8) is 0 Å². The van der Waals surface area contributed by atoms with Crippen molar-refractivity contribution in [1.29, 1.82) is 0 Å².